The zero-order valence-corrected chi connectivity index (χ0v) is 19.4. The molecule has 0 saturated carbocycles. The summed E-state index contributed by atoms with van der Waals surface area (Å²) in [6.07, 6.45) is 3.85. The van der Waals surface area contributed by atoms with Crippen molar-refractivity contribution < 1.29 is 17.9 Å². The molecule has 0 spiro atoms. The van der Waals surface area contributed by atoms with Gasteiger partial charge in [-0.2, -0.15) is 4.31 Å². The maximum Gasteiger partial charge on any atom is 0.255 e. The van der Waals surface area contributed by atoms with Gasteiger partial charge in [-0.25, -0.2) is 8.42 Å². The third-order valence-electron chi connectivity index (χ3n) is 6.13. The van der Waals surface area contributed by atoms with Crippen LogP contribution < -0.4 is 10.2 Å². The van der Waals surface area contributed by atoms with Gasteiger partial charge in [0.05, 0.1) is 18.1 Å². The third kappa shape index (κ3) is 5.14. The summed E-state index contributed by atoms with van der Waals surface area (Å²) in [5, 5.41) is 2.89. The number of carbonyl (C=O) groups is 1. The lowest BCUT2D eigenvalue weighted by Crippen LogP contribution is -2.36. The van der Waals surface area contributed by atoms with Crippen molar-refractivity contribution in [3.63, 3.8) is 0 Å². The monoisotopic (exact) mass is 457 g/mol. The number of anilines is 2. The minimum atomic E-state index is -3.63. The Kier molecular flexibility index (Phi) is 7.13. The van der Waals surface area contributed by atoms with Crippen LogP contribution in [-0.2, 0) is 14.8 Å². The highest BCUT2D eigenvalue weighted by atomic mass is 32.2. The van der Waals surface area contributed by atoms with Crippen LogP contribution in [0, 0.1) is 6.92 Å². The first-order valence-electron chi connectivity index (χ1n) is 11.3. The summed E-state index contributed by atoms with van der Waals surface area (Å²) in [5.74, 6) is -0.323. The summed E-state index contributed by atoms with van der Waals surface area (Å²) < 4.78 is 33.5. The van der Waals surface area contributed by atoms with E-state index in [2.05, 4.69) is 10.2 Å². The minimum absolute atomic E-state index is 0.217. The lowest BCUT2D eigenvalue weighted by atomic mass is 10.1. The second-order valence-corrected chi connectivity index (χ2v) is 10.3. The fourth-order valence-corrected chi connectivity index (χ4v) is 5.99. The largest absolute Gasteiger partial charge is 0.378 e. The highest BCUT2D eigenvalue weighted by molar-refractivity contribution is 7.89. The van der Waals surface area contributed by atoms with Crippen LogP contribution in [0.25, 0.3) is 0 Å². The number of carbonyl (C=O) groups excluding carboxylic acids is 1. The average molecular weight is 458 g/mol. The summed E-state index contributed by atoms with van der Waals surface area (Å²) >= 11 is 0. The Balaban J connectivity index is 1.49. The lowest BCUT2D eigenvalue weighted by molar-refractivity contribution is 0.102. The van der Waals surface area contributed by atoms with Gasteiger partial charge in [-0.3, -0.25) is 4.79 Å². The number of amides is 1. The van der Waals surface area contributed by atoms with E-state index in [-0.39, 0.29) is 10.8 Å². The van der Waals surface area contributed by atoms with Gasteiger partial charge in [0.1, 0.15) is 0 Å². The van der Waals surface area contributed by atoms with E-state index in [1.54, 1.807) is 23.4 Å². The highest BCUT2D eigenvalue weighted by Crippen LogP contribution is 2.25. The molecule has 0 unspecified atom stereocenters. The van der Waals surface area contributed by atoms with Gasteiger partial charge >= 0.3 is 0 Å². The van der Waals surface area contributed by atoms with Crippen molar-refractivity contribution in [2.75, 3.05) is 49.6 Å². The zero-order chi connectivity index (χ0) is 22.6. The number of hydrogen-bond acceptors (Lipinski definition) is 5. The zero-order valence-electron chi connectivity index (χ0n) is 18.5. The van der Waals surface area contributed by atoms with Gasteiger partial charge in [0.25, 0.3) is 5.91 Å². The number of morpholine rings is 1. The molecule has 2 heterocycles. The predicted molar refractivity (Wildman–Crippen MR) is 126 cm³/mol. The van der Waals surface area contributed by atoms with Crippen LogP contribution in [0.2, 0.25) is 0 Å². The molecule has 2 aliphatic heterocycles. The minimum Gasteiger partial charge on any atom is -0.378 e. The molecular formula is C24H31N3O4S. The first-order chi connectivity index (χ1) is 15.4. The van der Waals surface area contributed by atoms with Gasteiger partial charge in [0, 0.05) is 43.1 Å². The number of nitrogens with zero attached hydrogens (tertiary/aromatic N) is 2. The van der Waals surface area contributed by atoms with E-state index in [1.807, 2.05) is 24.3 Å². The second-order valence-electron chi connectivity index (χ2n) is 8.40. The Morgan fingerprint density at radius 3 is 2.22 bits per heavy atom. The van der Waals surface area contributed by atoms with Crippen LogP contribution in [0.15, 0.2) is 47.4 Å². The summed E-state index contributed by atoms with van der Waals surface area (Å²) in [6.45, 7) is 5.98. The van der Waals surface area contributed by atoms with E-state index in [4.69, 9.17) is 4.74 Å². The Morgan fingerprint density at radius 1 is 0.906 bits per heavy atom. The molecule has 32 heavy (non-hydrogen) atoms. The summed E-state index contributed by atoms with van der Waals surface area (Å²) in [5.41, 5.74) is 2.75. The molecule has 0 radical (unpaired) electrons. The Labute approximate surface area is 190 Å². The molecule has 0 atom stereocenters. The maximum atomic E-state index is 13.3. The van der Waals surface area contributed by atoms with E-state index in [0.29, 0.717) is 43.1 Å². The van der Waals surface area contributed by atoms with Crippen LogP contribution in [-0.4, -0.2) is 58.0 Å². The fourth-order valence-electron chi connectivity index (χ4n) is 4.22. The molecule has 8 heteroatoms. The number of benzene rings is 2. The Hall–Kier alpha value is -2.42. The molecule has 2 aliphatic rings. The smallest absolute Gasteiger partial charge is 0.255 e. The lowest BCUT2D eigenvalue weighted by Gasteiger charge is -2.28. The van der Waals surface area contributed by atoms with Crippen LogP contribution in [0.4, 0.5) is 11.4 Å². The predicted octanol–water partition coefficient (Wildman–Crippen LogP) is 3.65. The first kappa shape index (κ1) is 22.8. The van der Waals surface area contributed by atoms with Crippen molar-refractivity contribution in [3.8, 4) is 0 Å². The number of ether oxygens (including phenoxy) is 1. The summed E-state index contributed by atoms with van der Waals surface area (Å²) in [6, 6.07) is 12.6. The fraction of sp³-hybridized carbons (Fsp3) is 0.458. The van der Waals surface area contributed by atoms with Gasteiger partial charge < -0.3 is 15.0 Å². The van der Waals surface area contributed by atoms with Crippen molar-refractivity contribution in [3.05, 3.63) is 53.6 Å². The number of aryl methyl sites for hydroxylation is 1. The average Bonchev–Trinajstić information content (AvgIpc) is 3.11. The van der Waals surface area contributed by atoms with E-state index in [0.717, 1.165) is 44.5 Å². The van der Waals surface area contributed by atoms with Gasteiger partial charge in [-0.1, -0.05) is 18.9 Å². The van der Waals surface area contributed by atoms with Gasteiger partial charge in [-0.15, -0.1) is 0 Å². The Morgan fingerprint density at radius 2 is 1.56 bits per heavy atom. The molecular weight excluding hydrogens is 426 g/mol. The number of hydrogen-bond donors (Lipinski definition) is 1. The molecule has 0 aromatic heterocycles. The molecule has 7 nitrogen and oxygen atoms in total. The van der Waals surface area contributed by atoms with E-state index in [9.17, 15) is 13.2 Å². The van der Waals surface area contributed by atoms with Crippen molar-refractivity contribution in [2.24, 2.45) is 0 Å². The molecule has 2 saturated heterocycles. The van der Waals surface area contributed by atoms with Crippen LogP contribution in [0.3, 0.4) is 0 Å². The van der Waals surface area contributed by atoms with Crippen LogP contribution in [0.5, 0.6) is 0 Å². The second kappa shape index (κ2) is 10.0. The summed E-state index contributed by atoms with van der Waals surface area (Å²) in [4.78, 5) is 15.3. The van der Waals surface area contributed by atoms with Gasteiger partial charge in [-0.05, 0) is 61.7 Å². The molecule has 2 aromatic carbocycles. The van der Waals surface area contributed by atoms with E-state index < -0.39 is 10.0 Å². The van der Waals surface area contributed by atoms with Crippen LogP contribution in [0.1, 0.15) is 41.6 Å². The van der Waals surface area contributed by atoms with Crippen molar-refractivity contribution in [2.45, 2.75) is 37.5 Å². The molecule has 4 rings (SSSR count). The van der Waals surface area contributed by atoms with Gasteiger partial charge in [0.15, 0.2) is 0 Å². The molecule has 1 N–H and O–H groups in total. The van der Waals surface area contributed by atoms with E-state index in [1.165, 1.54) is 6.07 Å². The van der Waals surface area contributed by atoms with E-state index >= 15 is 0 Å². The first-order valence-corrected chi connectivity index (χ1v) is 12.7. The molecule has 172 valence electrons. The molecule has 0 aliphatic carbocycles. The SMILES string of the molecule is Cc1ccc(C(=O)Nc2ccc(N3CCOCC3)cc2)cc1S(=O)(=O)N1CCCCCC1. The van der Waals surface area contributed by atoms with Crippen molar-refractivity contribution >= 4 is 27.3 Å². The summed E-state index contributed by atoms with van der Waals surface area (Å²) in [7, 11) is -3.63. The van der Waals surface area contributed by atoms with Crippen molar-refractivity contribution in [1.29, 1.82) is 0 Å². The van der Waals surface area contributed by atoms with Crippen molar-refractivity contribution in [1.82, 2.24) is 4.31 Å². The number of nitrogens with one attached hydrogen (secondary N) is 1. The maximum absolute atomic E-state index is 13.3. The normalized spacial score (nSPS) is 18.2. The molecule has 0 bridgehead atoms. The quantitative estimate of drug-likeness (QED) is 0.742. The highest BCUT2D eigenvalue weighted by Gasteiger charge is 2.27. The molecule has 2 fully saturated rings. The standard InChI is InChI=1S/C24H31N3O4S/c1-19-6-7-20(18-23(19)32(29,30)27-12-4-2-3-5-13-27)24(28)25-21-8-10-22(11-9-21)26-14-16-31-17-15-26/h6-11,18H,2-5,12-17H2,1H3,(H,25,28). The molecule has 2 aromatic rings. The topological polar surface area (TPSA) is 79.0 Å². The number of sulfonamides is 1. The van der Waals surface area contributed by atoms with Crippen LogP contribution >= 0.6 is 0 Å². The Bertz CT molecular complexity index is 1040. The number of rotatable bonds is 5. The third-order valence-corrected chi connectivity index (χ3v) is 8.18. The van der Waals surface area contributed by atoms with Gasteiger partial charge in [0.2, 0.25) is 10.0 Å². The molecule has 1 amide bonds.